The summed E-state index contributed by atoms with van der Waals surface area (Å²) < 4.78 is 7.44. The summed E-state index contributed by atoms with van der Waals surface area (Å²) in [5, 5.41) is 6.14. The average Bonchev–Trinajstić information content (AvgIpc) is 3.55. The average molecular weight is 486 g/mol. The zero-order valence-corrected chi connectivity index (χ0v) is 21.3. The summed E-state index contributed by atoms with van der Waals surface area (Å²) in [7, 11) is 0. The topological polar surface area (TPSA) is 106 Å². The second-order valence-electron chi connectivity index (χ2n) is 10.4. The van der Waals surface area contributed by atoms with E-state index in [0.717, 1.165) is 33.9 Å². The number of carbonyl (C=O) groups excluding carboxylic acids is 1. The maximum absolute atomic E-state index is 12.1. The quantitative estimate of drug-likeness (QED) is 0.388. The fraction of sp³-hybridized carbons (Fsp3) is 0.370. The fourth-order valence-electron chi connectivity index (χ4n) is 4.13. The van der Waals surface area contributed by atoms with Crippen molar-refractivity contribution in [2.24, 2.45) is 0 Å². The van der Waals surface area contributed by atoms with Crippen molar-refractivity contribution < 1.29 is 9.53 Å². The van der Waals surface area contributed by atoms with Crippen LogP contribution in [0.4, 0.5) is 10.6 Å². The number of carbonyl (C=O) groups is 1. The molecule has 4 aromatic heterocycles. The molecule has 0 saturated heterocycles. The molecule has 0 atom stereocenters. The lowest BCUT2D eigenvalue weighted by atomic mass is 10.1. The van der Waals surface area contributed by atoms with Gasteiger partial charge in [-0.05, 0) is 76.1 Å². The van der Waals surface area contributed by atoms with Crippen molar-refractivity contribution in [3.05, 3.63) is 65.4 Å². The normalized spacial score (nSPS) is 13.6. The van der Waals surface area contributed by atoms with Gasteiger partial charge in [0.25, 0.3) is 0 Å². The molecule has 0 spiro atoms. The summed E-state index contributed by atoms with van der Waals surface area (Å²) >= 11 is 0. The van der Waals surface area contributed by atoms with Crippen LogP contribution < -0.4 is 15.4 Å². The molecule has 1 amide bonds. The summed E-state index contributed by atoms with van der Waals surface area (Å²) in [6, 6.07) is 7.90. The van der Waals surface area contributed by atoms with Crippen LogP contribution in [-0.2, 0) is 6.54 Å². The van der Waals surface area contributed by atoms with Crippen molar-refractivity contribution in [2.75, 3.05) is 5.32 Å². The third-order valence-electron chi connectivity index (χ3n) is 6.10. The van der Waals surface area contributed by atoms with Gasteiger partial charge in [-0.3, -0.25) is 0 Å². The highest BCUT2D eigenvalue weighted by atomic mass is 16.6. The van der Waals surface area contributed by atoms with Gasteiger partial charge in [0, 0.05) is 42.3 Å². The van der Waals surface area contributed by atoms with E-state index in [2.05, 4.69) is 48.3 Å². The highest BCUT2D eigenvalue weighted by Gasteiger charge is 2.24. The van der Waals surface area contributed by atoms with E-state index >= 15 is 0 Å². The van der Waals surface area contributed by atoms with Crippen molar-refractivity contribution in [3.8, 4) is 17.3 Å². The Bertz CT molecular complexity index is 1410. The molecule has 0 aromatic carbocycles. The predicted molar refractivity (Wildman–Crippen MR) is 138 cm³/mol. The molecule has 1 aliphatic carbocycles. The molecule has 0 bridgehead atoms. The van der Waals surface area contributed by atoms with E-state index in [1.807, 2.05) is 46.9 Å². The number of anilines is 1. The molecule has 5 rings (SSSR count). The van der Waals surface area contributed by atoms with Gasteiger partial charge in [0.2, 0.25) is 5.88 Å². The van der Waals surface area contributed by atoms with Gasteiger partial charge in [-0.25, -0.2) is 24.7 Å². The Kier molecular flexibility index (Phi) is 6.07. The highest BCUT2D eigenvalue weighted by molar-refractivity contribution is 5.70. The minimum atomic E-state index is -0.524. The largest absolute Gasteiger partial charge is 0.414 e. The van der Waals surface area contributed by atoms with E-state index in [9.17, 15) is 4.79 Å². The Balaban J connectivity index is 1.28. The van der Waals surface area contributed by atoms with Gasteiger partial charge < -0.3 is 19.8 Å². The van der Waals surface area contributed by atoms with E-state index < -0.39 is 6.09 Å². The lowest BCUT2D eigenvalue weighted by Gasteiger charge is -2.20. The first-order chi connectivity index (χ1) is 17.1. The van der Waals surface area contributed by atoms with Crippen molar-refractivity contribution in [1.29, 1.82) is 0 Å². The molecule has 1 saturated carbocycles. The molecule has 0 aliphatic heterocycles. The van der Waals surface area contributed by atoms with Crippen LogP contribution in [0.2, 0.25) is 0 Å². The zero-order chi connectivity index (χ0) is 25.4. The zero-order valence-electron chi connectivity index (χ0n) is 21.3. The smallest absolute Gasteiger partial charge is 0.391 e. The van der Waals surface area contributed by atoms with Crippen molar-refractivity contribution in [3.63, 3.8) is 0 Å². The third kappa shape index (κ3) is 5.45. The minimum Gasteiger partial charge on any atom is -0.391 e. The number of aryl methyl sites for hydroxylation is 2. The van der Waals surface area contributed by atoms with Gasteiger partial charge in [-0.1, -0.05) is 6.07 Å². The lowest BCUT2D eigenvalue weighted by Crippen LogP contribution is -2.42. The van der Waals surface area contributed by atoms with Crippen LogP contribution >= 0.6 is 0 Å². The highest BCUT2D eigenvalue weighted by Crippen LogP contribution is 2.40. The number of hydrogen-bond donors (Lipinski definition) is 2. The van der Waals surface area contributed by atoms with Crippen LogP contribution in [0.15, 0.2) is 43.0 Å². The first-order valence-corrected chi connectivity index (χ1v) is 12.2. The number of hydrogen-bond acceptors (Lipinski definition) is 7. The predicted octanol–water partition coefficient (Wildman–Crippen LogP) is 5.18. The molecule has 0 unspecified atom stereocenters. The maximum atomic E-state index is 12.1. The second-order valence-corrected chi connectivity index (χ2v) is 10.4. The molecule has 4 aromatic rings. The number of fused-ring (bicyclic) bond motifs is 1. The number of imidazole rings is 1. The van der Waals surface area contributed by atoms with E-state index in [-0.39, 0.29) is 11.4 Å². The summed E-state index contributed by atoms with van der Waals surface area (Å²) in [5.41, 5.74) is 6.20. The molecular formula is C27H31N7O2. The summed E-state index contributed by atoms with van der Waals surface area (Å²) in [4.78, 5) is 30.1. The standard InChI is InChI=1S/C27H31N7O2/c1-16-10-25(36-26(35)33-27(3,4)5)31-17(2)20(16)12-28-23-11-21(29-15-30-23)22-14-34-13-19(18-6-7-18)8-9-24(34)32-22/h8-11,13-15,18H,6-7,12H2,1-5H3,(H,33,35)(H,28,29,30). The van der Waals surface area contributed by atoms with Crippen LogP contribution in [0.3, 0.4) is 0 Å². The maximum Gasteiger partial charge on any atom is 0.414 e. The fourth-order valence-corrected chi connectivity index (χ4v) is 4.13. The molecule has 36 heavy (non-hydrogen) atoms. The van der Waals surface area contributed by atoms with E-state index in [4.69, 9.17) is 9.72 Å². The summed E-state index contributed by atoms with van der Waals surface area (Å²) in [6.45, 7) is 10.1. The summed E-state index contributed by atoms with van der Waals surface area (Å²) in [5.74, 6) is 1.66. The van der Waals surface area contributed by atoms with Crippen LogP contribution in [0, 0.1) is 13.8 Å². The van der Waals surface area contributed by atoms with E-state index in [1.165, 1.54) is 18.4 Å². The van der Waals surface area contributed by atoms with Gasteiger partial charge >= 0.3 is 6.09 Å². The van der Waals surface area contributed by atoms with E-state index in [1.54, 1.807) is 12.4 Å². The van der Waals surface area contributed by atoms with Gasteiger partial charge in [-0.2, -0.15) is 0 Å². The SMILES string of the molecule is Cc1cc(OC(=O)NC(C)(C)C)nc(C)c1CNc1cc(-c2cn3cc(C4CC4)ccc3n2)ncn1. The molecule has 0 radical (unpaired) electrons. The molecule has 4 heterocycles. The van der Waals surface area contributed by atoms with Crippen molar-refractivity contribution in [1.82, 2.24) is 29.7 Å². The molecular weight excluding hydrogens is 454 g/mol. The number of nitrogens with zero attached hydrogens (tertiary/aromatic N) is 5. The van der Waals surface area contributed by atoms with Gasteiger partial charge in [0.05, 0.1) is 5.69 Å². The Morgan fingerprint density at radius 3 is 2.61 bits per heavy atom. The molecule has 2 N–H and O–H groups in total. The Hall–Kier alpha value is -4.01. The van der Waals surface area contributed by atoms with Crippen LogP contribution in [-0.4, -0.2) is 36.0 Å². The van der Waals surface area contributed by atoms with Crippen LogP contribution in [0.5, 0.6) is 5.88 Å². The summed E-state index contributed by atoms with van der Waals surface area (Å²) in [6.07, 6.45) is 7.74. The Labute approximate surface area is 210 Å². The molecule has 1 fully saturated rings. The monoisotopic (exact) mass is 485 g/mol. The molecule has 9 heteroatoms. The number of rotatable bonds is 6. The first kappa shape index (κ1) is 23.7. The second kappa shape index (κ2) is 9.22. The van der Waals surface area contributed by atoms with Crippen molar-refractivity contribution >= 4 is 17.6 Å². The first-order valence-electron chi connectivity index (χ1n) is 12.2. The molecule has 9 nitrogen and oxygen atoms in total. The lowest BCUT2D eigenvalue weighted by molar-refractivity contribution is 0.188. The van der Waals surface area contributed by atoms with Crippen molar-refractivity contribution in [2.45, 2.75) is 65.5 Å². The van der Waals surface area contributed by atoms with Crippen LogP contribution in [0.1, 0.15) is 61.9 Å². The molecule has 1 aliphatic rings. The van der Waals surface area contributed by atoms with Gasteiger partial charge in [0.15, 0.2) is 0 Å². The number of nitrogens with one attached hydrogen (secondary N) is 2. The Morgan fingerprint density at radius 2 is 1.89 bits per heavy atom. The van der Waals surface area contributed by atoms with E-state index in [0.29, 0.717) is 18.3 Å². The number of pyridine rings is 2. The number of ether oxygens (including phenoxy) is 1. The van der Waals surface area contributed by atoms with Crippen LogP contribution in [0.25, 0.3) is 17.0 Å². The minimum absolute atomic E-state index is 0.275. The van der Waals surface area contributed by atoms with Gasteiger partial charge in [-0.15, -0.1) is 0 Å². The molecule has 186 valence electrons. The Morgan fingerprint density at radius 1 is 1.08 bits per heavy atom. The number of amides is 1. The third-order valence-corrected chi connectivity index (χ3v) is 6.10. The number of aromatic nitrogens is 5. The van der Waals surface area contributed by atoms with Gasteiger partial charge in [0.1, 0.15) is 23.5 Å².